The highest BCUT2D eigenvalue weighted by Gasteiger charge is 2.22. The van der Waals surface area contributed by atoms with Crippen molar-refractivity contribution in [1.29, 1.82) is 0 Å². The first-order valence-electron chi connectivity index (χ1n) is 11.0. The van der Waals surface area contributed by atoms with Gasteiger partial charge in [-0.3, -0.25) is 9.59 Å². The van der Waals surface area contributed by atoms with Gasteiger partial charge in [-0.2, -0.15) is 0 Å². The maximum atomic E-state index is 12.8. The SMILES string of the molecule is O=C(Cc1cc(CCc2ccccc2)ncn1)C(=O)NC(c1ccccc1)c1ccccc1. The third kappa shape index (κ3) is 6.20. The summed E-state index contributed by atoms with van der Waals surface area (Å²) in [5.41, 5.74) is 4.44. The molecule has 5 nitrogen and oxygen atoms in total. The summed E-state index contributed by atoms with van der Waals surface area (Å²) in [6, 6.07) is 30.8. The van der Waals surface area contributed by atoms with E-state index in [9.17, 15) is 9.59 Å². The molecule has 0 saturated heterocycles. The van der Waals surface area contributed by atoms with Crippen molar-refractivity contribution in [2.75, 3.05) is 0 Å². The summed E-state index contributed by atoms with van der Waals surface area (Å²) >= 11 is 0. The highest BCUT2D eigenvalue weighted by atomic mass is 16.2. The van der Waals surface area contributed by atoms with E-state index in [1.165, 1.54) is 11.9 Å². The van der Waals surface area contributed by atoms with E-state index >= 15 is 0 Å². The van der Waals surface area contributed by atoms with Crippen LogP contribution in [0.15, 0.2) is 103 Å². The van der Waals surface area contributed by atoms with Gasteiger partial charge in [-0.05, 0) is 35.6 Å². The van der Waals surface area contributed by atoms with Gasteiger partial charge < -0.3 is 5.32 Å². The fourth-order valence-electron chi connectivity index (χ4n) is 3.70. The Hall–Kier alpha value is -4.12. The Balaban J connectivity index is 1.42. The quantitative estimate of drug-likeness (QED) is 0.398. The zero-order valence-electron chi connectivity index (χ0n) is 18.2. The van der Waals surface area contributed by atoms with E-state index in [2.05, 4.69) is 27.4 Å². The number of rotatable bonds is 9. The highest BCUT2D eigenvalue weighted by molar-refractivity contribution is 6.36. The molecule has 0 saturated carbocycles. The number of Topliss-reactive ketones (excluding diaryl/α,β-unsaturated/α-hetero) is 1. The van der Waals surface area contributed by atoms with Gasteiger partial charge >= 0.3 is 0 Å². The third-order valence-electron chi connectivity index (χ3n) is 5.43. The molecule has 0 atom stereocenters. The molecule has 0 aliphatic heterocycles. The molecule has 1 amide bonds. The van der Waals surface area contributed by atoms with Crippen molar-refractivity contribution in [3.8, 4) is 0 Å². The van der Waals surface area contributed by atoms with Crippen molar-refractivity contribution >= 4 is 11.7 Å². The Morgan fingerprint density at radius 2 is 1.24 bits per heavy atom. The number of aromatic nitrogens is 2. The molecule has 5 heteroatoms. The predicted octanol–water partition coefficient (Wildman–Crippen LogP) is 4.28. The Morgan fingerprint density at radius 1 is 0.697 bits per heavy atom. The van der Waals surface area contributed by atoms with Crippen LogP contribution in [-0.2, 0) is 28.9 Å². The molecular weight excluding hydrogens is 410 g/mol. The minimum atomic E-state index is -0.628. The molecule has 33 heavy (non-hydrogen) atoms. The van der Waals surface area contributed by atoms with E-state index in [0.717, 1.165) is 29.7 Å². The van der Waals surface area contributed by atoms with Gasteiger partial charge in [0.15, 0.2) is 0 Å². The van der Waals surface area contributed by atoms with Gasteiger partial charge in [-0.1, -0.05) is 91.0 Å². The van der Waals surface area contributed by atoms with E-state index in [4.69, 9.17) is 0 Å². The lowest BCUT2D eigenvalue weighted by Gasteiger charge is -2.19. The van der Waals surface area contributed by atoms with E-state index in [0.29, 0.717) is 5.69 Å². The monoisotopic (exact) mass is 435 g/mol. The fourth-order valence-corrected chi connectivity index (χ4v) is 3.70. The minimum absolute atomic E-state index is 0.0665. The number of hydrogen-bond donors (Lipinski definition) is 1. The molecule has 1 heterocycles. The van der Waals surface area contributed by atoms with Gasteiger partial charge in [0, 0.05) is 5.69 Å². The van der Waals surface area contributed by atoms with Crippen LogP contribution < -0.4 is 5.32 Å². The van der Waals surface area contributed by atoms with E-state index in [1.807, 2.05) is 78.9 Å². The average molecular weight is 436 g/mol. The summed E-state index contributed by atoms with van der Waals surface area (Å²) in [5.74, 6) is -1.16. The Bertz CT molecular complexity index is 1160. The Labute approximate surface area is 193 Å². The van der Waals surface area contributed by atoms with Crippen LogP contribution in [0.1, 0.15) is 34.1 Å². The highest BCUT2D eigenvalue weighted by Crippen LogP contribution is 2.21. The number of hydrogen-bond acceptors (Lipinski definition) is 4. The Kier molecular flexibility index (Phi) is 7.33. The van der Waals surface area contributed by atoms with E-state index in [1.54, 1.807) is 6.07 Å². The predicted molar refractivity (Wildman–Crippen MR) is 127 cm³/mol. The topological polar surface area (TPSA) is 72.0 Å². The van der Waals surface area contributed by atoms with Crippen molar-refractivity contribution in [2.45, 2.75) is 25.3 Å². The molecular formula is C28H25N3O2. The molecule has 1 N–H and O–H groups in total. The van der Waals surface area contributed by atoms with Crippen molar-refractivity contribution in [1.82, 2.24) is 15.3 Å². The number of amides is 1. The largest absolute Gasteiger partial charge is 0.339 e. The van der Waals surface area contributed by atoms with Crippen LogP contribution in [0, 0.1) is 0 Å². The minimum Gasteiger partial charge on any atom is -0.339 e. The van der Waals surface area contributed by atoms with Crippen LogP contribution in [0.3, 0.4) is 0 Å². The molecule has 4 aromatic rings. The fraction of sp³-hybridized carbons (Fsp3) is 0.143. The lowest BCUT2D eigenvalue weighted by molar-refractivity contribution is -0.137. The Morgan fingerprint density at radius 3 is 1.85 bits per heavy atom. The first kappa shape index (κ1) is 22.1. The van der Waals surface area contributed by atoms with Gasteiger partial charge in [0.05, 0.1) is 18.2 Å². The molecule has 164 valence electrons. The first-order valence-corrected chi connectivity index (χ1v) is 11.0. The summed E-state index contributed by atoms with van der Waals surface area (Å²) in [6.45, 7) is 0. The van der Waals surface area contributed by atoms with Crippen LogP contribution >= 0.6 is 0 Å². The van der Waals surface area contributed by atoms with E-state index in [-0.39, 0.29) is 6.42 Å². The lowest BCUT2D eigenvalue weighted by Crippen LogP contribution is -2.35. The second kappa shape index (κ2) is 11.0. The van der Waals surface area contributed by atoms with Gasteiger partial charge in [-0.25, -0.2) is 9.97 Å². The lowest BCUT2D eigenvalue weighted by atomic mass is 9.98. The van der Waals surface area contributed by atoms with Gasteiger partial charge in [0.1, 0.15) is 6.33 Å². The van der Waals surface area contributed by atoms with Crippen molar-refractivity contribution in [3.63, 3.8) is 0 Å². The molecule has 0 aliphatic rings. The van der Waals surface area contributed by atoms with Crippen LogP contribution in [0.2, 0.25) is 0 Å². The number of ketones is 1. The molecule has 0 fully saturated rings. The molecule has 0 spiro atoms. The van der Waals surface area contributed by atoms with Crippen LogP contribution in [0.5, 0.6) is 0 Å². The molecule has 0 bridgehead atoms. The second-order valence-corrected chi connectivity index (χ2v) is 7.81. The first-order chi connectivity index (χ1) is 16.2. The molecule has 0 aliphatic carbocycles. The molecule has 0 radical (unpaired) electrons. The molecule has 1 aromatic heterocycles. The maximum absolute atomic E-state index is 12.8. The summed E-state index contributed by atoms with van der Waals surface area (Å²) in [5, 5.41) is 2.90. The summed E-state index contributed by atoms with van der Waals surface area (Å²) < 4.78 is 0. The van der Waals surface area contributed by atoms with Crippen molar-refractivity contribution in [2.24, 2.45) is 0 Å². The summed E-state index contributed by atoms with van der Waals surface area (Å²) in [6.07, 6.45) is 2.98. The number of aryl methyl sites for hydroxylation is 2. The van der Waals surface area contributed by atoms with Gasteiger partial charge in [-0.15, -0.1) is 0 Å². The van der Waals surface area contributed by atoms with Crippen molar-refractivity contribution < 1.29 is 9.59 Å². The van der Waals surface area contributed by atoms with Gasteiger partial charge in [0.25, 0.3) is 5.91 Å². The summed E-state index contributed by atoms with van der Waals surface area (Å²) in [7, 11) is 0. The van der Waals surface area contributed by atoms with Crippen LogP contribution in [0.4, 0.5) is 0 Å². The maximum Gasteiger partial charge on any atom is 0.288 e. The smallest absolute Gasteiger partial charge is 0.288 e. The number of benzene rings is 3. The number of carbonyl (C=O) groups is 2. The zero-order chi connectivity index (χ0) is 22.9. The zero-order valence-corrected chi connectivity index (χ0v) is 18.2. The summed E-state index contributed by atoms with van der Waals surface area (Å²) in [4.78, 5) is 34.0. The van der Waals surface area contributed by atoms with Crippen LogP contribution in [-0.4, -0.2) is 21.7 Å². The number of nitrogens with zero attached hydrogens (tertiary/aromatic N) is 2. The third-order valence-corrected chi connectivity index (χ3v) is 5.43. The number of nitrogens with one attached hydrogen (secondary N) is 1. The molecule has 0 unspecified atom stereocenters. The normalized spacial score (nSPS) is 10.7. The number of carbonyl (C=O) groups excluding carboxylic acids is 2. The van der Waals surface area contributed by atoms with Crippen LogP contribution in [0.25, 0.3) is 0 Å². The molecule has 4 rings (SSSR count). The second-order valence-electron chi connectivity index (χ2n) is 7.81. The van der Waals surface area contributed by atoms with Crippen molar-refractivity contribution in [3.05, 3.63) is 131 Å². The molecule has 3 aromatic carbocycles. The standard InChI is InChI=1S/C28H25N3O2/c32-26(19-25-18-24(29-20-30-25)17-16-21-10-4-1-5-11-21)28(33)31-27(22-12-6-2-7-13-22)23-14-8-3-9-15-23/h1-15,18,20,27H,16-17,19H2,(H,31,33). The average Bonchev–Trinajstić information content (AvgIpc) is 2.88. The van der Waals surface area contributed by atoms with Gasteiger partial charge in [0.2, 0.25) is 5.78 Å². The van der Waals surface area contributed by atoms with E-state index < -0.39 is 17.7 Å².